The van der Waals surface area contributed by atoms with Gasteiger partial charge in [0.1, 0.15) is 23.4 Å². The van der Waals surface area contributed by atoms with Crippen molar-refractivity contribution in [3.05, 3.63) is 72.0 Å². The van der Waals surface area contributed by atoms with Crippen molar-refractivity contribution < 1.29 is 54.1 Å². The summed E-state index contributed by atoms with van der Waals surface area (Å²) in [4.78, 5) is 11.1. The number of halogens is 6. The van der Waals surface area contributed by atoms with Crippen LogP contribution in [0.1, 0.15) is 38.2 Å². The highest BCUT2D eigenvalue weighted by Gasteiger charge is 2.44. The molecular weight excluding hydrogens is 616 g/mol. The van der Waals surface area contributed by atoms with Gasteiger partial charge in [0.2, 0.25) is 0 Å². The van der Waals surface area contributed by atoms with E-state index in [0.29, 0.717) is 31.7 Å². The highest BCUT2D eigenvalue weighted by atomic mass is 32.2. The van der Waals surface area contributed by atoms with E-state index in [1.54, 1.807) is 6.92 Å². The fraction of sp³-hybridized carbons (Fsp3) is 0.367. The zero-order valence-corrected chi connectivity index (χ0v) is 24.0. The van der Waals surface area contributed by atoms with Crippen LogP contribution in [-0.2, 0) is 21.0 Å². The van der Waals surface area contributed by atoms with Crippen LogP contribution in [0.2, 0.25) is 0 Å². The minimum absolute atomic E-state index is 0.0528. The second-order valence-electron chi connectivity index (χ2n) is 11.2. The van der Waals surface area contributed by atoms with E-state index in [4.69, 9.17) is 4.74 Å². The Morgan fingerprint density at radius 3 is 2.39 bits per heavy atom. The zero-order chi connectivity index (χ0) is 32.0. The molecule has 3 aromatic rings. The number of carboxylic acid groups (broad SMARTS) is 1. The summed E-state index contributed by atoms with van der Waals surface area (Å²) in [5.41, 5.74) is -1.89. The number of alkyl halides is 5. The monoisotopic (exact) mass is 643 g/mol. The summed E-state index contributed by atoms with van der Waals surface area (Å²) in [7, 11) is -4.64. The summed E-state index contributed by atoms with van der Waals surface area (Å²) in [5.74, 6) is -2.49. The number of sulfonamides is 1. The number of hydrogen-bond donors (Lipinski definition) is 1. The number of aliphatic carboxylic acids is 1. The van der Waals surface area contributed by atoms with Crippen LogP contribution in [0.4, 0.5) is 32.0 Å². The minimum atomic E-state index is -4.81. The van der Waals surface area contributed by atoms with Crippen molar-refractivity contribution in [2.75, 3.05) is 10.8 Å². The lowest BCUT2D eigenvalue weighted by molar-refractivity contribution is -0.150. The van der Waals surface area contributed by atoms with E-state index in [-0.39, 0.29) is 35.0 Å². The number of carboxylic acids is 1. The molecule has 0 saturated heterocycles. The van der Waals surface area contributed by atoms with Crippen LogP contribution in [0.3, 0.4) is 0 Å². The molecule has 1 atom stereocenters. The molecule has 0 amide bonds. The van der Waals surface area contributed by atoms with Gasteiger partial charge in [0.15, 0.2) is 0 Å². The second kappa shape index (κ2) is 11.5. The fourth-order valence-electron chi connectivity index (χ4n) is 5.65. The highest BCUT2D eigenvalue weighted by molar-refractivity contribution is 7.92. The van der Waals surface area contributed by atoms with Crippen LogP contribution in [0, 0.1) is 17.2 Å². The molecule has 0 aromatic heterocycles. The molecule has 1 aliphatic carbocycles. The van der Waals surface area contributed by atoms with Crippen molar-refractivity contribution in [2.24, 2.45) is 11.3 Å². The first-order chi connectivity index (χ1) is 20.6. The third kappa shape index (κ3) is 6.30. The summed E-state index contributed by atoms with van der Waals surface area (Å²) in [6, 6.07) is 10.4. The average Bonchev–Trinajstić information content (AvgIpc) is 2.95. The normalized spacial score (nSPS) is 22.3. The Hall–Kier alpha value is -3.94. The lowest BCUT2D eigenvalue weighted by atomic mass is 9.70. The molecule has 1 N–H and O–H groups in total. The van der Waals surface area contributed by atoms with Gasteiger partial charge in [-0.15, -0.1) is 0 Å². The number of hydrogen-bond acceptors (Lipinski definition) is 5. The first-order valence-corrected chi connectivity index (χ1v) is 15.0. The summed E-state index contributed by atoms with van der Waals surface area (Å²) in [5, 5.41) is 9.61. The molecule has 236 valence electrons. The Morgan fingerprint density at radius 2 is 1.75 bits per heavy atom. The topological polar surface area (TPSA) is 93.1 Å². The molecule has 1 aliphatic heterocycles. The summed E-state index contributed by atoms with van der Waals surface area (Å²) < 4.78 is 120. The van der Waals surface area contributed by atoms with Gasteiger partial charge in [0, 0.05) is 6.07 Å². The van der Waals surface area contributed by atoms with Gasteiger partial charge < -0.3 is 14.6 Å². The molecule has 2 aliphatic rings. The molecule has 3 aromatic carbocycles. The van der Waals surface area contributed by atoms with E-state index in [2.05, 4.69) is 4.74 Å². The standard InChI is InChI=1S/C30H27F6NO6S/c1-29(27(38)39)9-7-17(8-10-29)26-16-37(44(40,41)23-4-2-3-20(14-23)30(34,35)36)24-13-18(5-6-25(24)43-26)19-11-21(31)15-22(12-19)42-28(32)33/h2-6,11-15,17,26,28H,7-10,16H2,1H3,(H,38,39). The summed E-state index contributed by atoms with van der Waals surface area (Å²) >= 11 is 0. The Balaban J connectivity index is 1.57. The number of ether oxygens (including phenoxy) is 2. The lowest BCUT2D eigenvalue weighted by Crippen LogP contribution is -2.48. The van der Waals surface area contributed by atoms with Crippen LogP contribution in [-0.4, -0.2) is 38.8 Å². The molecule has 0 bridgehead atoms. The van der Waals surface area contributed by atoms with Gasteiger partial charge in [0.05, 0.1) is 28.1 Å². The highest BCUT2D eigenvalue weighted by Crippen LogP contribution is 2.46. The van der Waals surface area contributed by atoms with Gasteiger partial charge in [-0.05, 0) is 92.1 Å². The molecule has 14 heteroatoms. The van der Waals surface area contributed by atoms with Crippen molar-refractivity contribution in [3.8, 4) is 22.6 Å². The van der Waals surface area contributed by atoms with Gasteiger partial charge in [-0.2, -0.15) is 22.0 Å². The zero-order valence-electron chi connectivity index (χ0n) is 23.2. The van der Waals surface area contributed by atoms with E-state index in [1.807, 2.05) is 0 Å². The van der Waals surface area contributed by atoms with Gasteiger partial charge in [-0.3, -0.25) is 9.10 Å². The SMILES string of the molecule is CC1(C(=O)O)CCC(C2CN(S(=O)(=O)c3cccc(C(F)(F)F)c3)c3cc(-c4cc(F)cc(OC(F)F)c4)ccc3O2)CC1. The van der Waals surface area contributed by atoms with Crippen LogP contribution < -0.4 is 13.8 Å². The Kier molecular flexibility index (Phi) is 8.25. The van der Waals surface area contributed by atoms with E-state index in [1.165, 1.54) is 18.2 Å². The molecule has 1 unspecified atom stereocenters. The predicted octanol–water partition coefficient (Wildman–Crippen LogP) is 7.35. The molecule has 1 fully saturated rings. The minimum Gasteiger partial charge on any atom is -0.486 e. The van der Waals surface area contributed by atoms with Crippen molar-refractivity contribution in [1.82, 2.24) is 0 Å². The number of nitrogens with zero attached hydrogens (tertiary/aromatic N) is 1. The van der Waals surface area contributed by atoms with Gasteiger partial charge in [-0.25, -0.2) is 12.8 Å². The first-order valence-electron chi connectivity index (χ1n) is 13.6. The van der Waals surface area contributed by atoms with Crippen molar-refractivity contribution in [1.29, 1.82) is 0 Å². The molecular formula is C30H27F6NO6S. The maximum Gasteiger partial charge on any atom is 0.416 e. The van der Waals surface area contributed by atoms with E-state index >= 15 is 0 Å². The largest absolute Gasteiger partial charge is 0.486 e. The van der Waals surface area contributed by atoms with Crippen LogP contribution in [0.25, 0.3) is 11.1 Å². The third-order valence-electron chi connectivity index (χ3n) is 8.21. The van der Waals surface area contributed by atoms with E-state index in [0.717, 1.165) is 40.7 Å². The van der Waals surface area contributed by atoms with Crippen molar-refractivity contribution in [3.63, 3.8) is 0 Å². The predicted molar refractivity (Wildman–Crippen MR) is 147 cm³/mol. The van der Waals surface area contributed by atoms with Crippen LogP contribution in [0.5, 0.6) is 11.5 Å². The number of carbonyl (C=O) groups is 1. The van der Waals surface area contributed by atoms with Crippen LogP contribution >= 0.6 is 0 Å². The van der Waals surface area contributed by atoms with E-state index in [9.17, 15) is 44.7 Å². The molecule has 1 heterocycles. The maximum atomic E-state index is 14.3. The number of benzene rings is 3. The third-order valence-corrected chi connectivity index (χ3v) is 9.98. The quantitative estimate of drug-likeness (QED) is 0.271. The van der Waals surface area contributed by atoms with Gasteiger partial charge >= 0.3 is 18.8 Å². The molecule has 5 rings (SSSR count). The number of fused-ring (bicyclic) bond motifs is 1. The molecule has 1 saturated carbocycles. The molecule has 0 radical (unpaired) electrons. The van der Waals surface area contributed by atoms with Gasteiger partial charge in [-0.1, -0.05) is 12.1 Å². The Bertz CT molecular complexity index is 1670. The smallest absolute Gasteiger partial charge is 0.416 e. The summed E-state index contributed by atoms with van der Waals surface area (Å²) in [6.45, 7) is -1.88. The Morgan fingerprint density at radius 1 is 1.05 bits per heavy atom. The molecule has 7 nitrogen and oxygen atoms in total. The molecule has 0 spiro atoms. The number of anilines is 1. The maximum absolute atomic E-state index is 14.3. The second-order valence-corrected chi connectivity index (χ2v) is 13.0. The number of rotatable bonds is 7. The Labute approximate surface area is 249 Å². The summed E-state index contributed by atoms with van der Waals surface area (Å²) in [6.07, 6.45) is -4.10. The average molecular weight is 644 g/mol. The fourth-order valence-corrected chi connectivity index (χ4v) is 7.18. The van der Waals surface area contributed by atoms with Crippen molar-refractivity contribution in [2.45, 2.75) is 56.4 Å². The van der Waals surface area contributed by atoms with Gasteiger partial charge in [0.25, 0.3) is 10.0 Å². The van der Waals surface area contributed by atoms with Crippen molar-refractivity contribution >= 4 is 21.7 Å². The molecule has 44 heavy (non-hydrogen) atoms. The first kappa shape index (κ1) is 31.5. The van der Waals surface area contributed by atoms with Crippen LogP contribution in [0.15, 0.2) is 65.6 Å². The van der Waals surface area contributed by atoms with E-state index < -0.39 is 62.3 Å². The lowest BCUT2D eigenvalue weighted by Gasteiger charge is -2.42.